The summed E-state index contributed by atoms with van der Waals surface area (Å²) in [6.45, 7) is 14.1. The van der Waals surface area contributed by atoms with Crippen molar-refractivity contribution in [2.45, 2.75) is 59.3 Å². The van der Waals surface area contributed by atoms with E-state index in [1.807, 2.05) is 0 Å². The first-order valence-electron chi connectivity index (χ1n) is 24.2. The Morgan fingerprint density at radius 3 is 1.04 bits per heavy atom. The highest BCUT2D eigenvalue weighted by atomic mass is 15.2. The molecule has 5 heteroatoms. The van der Waals surface area contributed by atoms with Crippen molar-refractivity contribution in [1.82, 2.24) is 0 Å². The molecule has 1 heterocycles. The summed E-state index contributed by atoms with van der Waals surface area (Å²) in [5, 5.41) is 3.97. The molecule has 0 amide bonds. The maximum absolute atomic E-state index is 3.97. The molecule has 0 aromatic heterocycles. The van der Waals surface area contributed by atoms with E-state index in [0.717, 1.165) is 62.6 Å². The lowest BCUT2D eigenvalue weighted by Gasteiger charge is -2.35. The van der Waals surface area contributed by atoms with E-state index in [9.17, 15) is 0 Å². The molecule has 334 valence electrons. The van der Waals surface area contributed by atoms with Crippen LogP contribution in [0.15, 0.2) is 224 Å². The van der Waals surface area contributed by atoms with Crippen LogP contribution in [0.3, 0.4) is 0 Å². The van der Waals surface area contributed by atoms with Crippen molar-refractivity contribution in [1.29, 1.82) is 0 Å². The number of anilines is 11. The molecule has 4 nitrogen and oxygen atoms in total. The van der Waals surface area contributed by atoms with Crippen LogP contribution in [0.25, 0.3) is 0 Å². The van der Waals surface area contributed by atoms with E-state index >= 15 is 0 Å². The molecule has 0 bridgehead atoms. The molecule has 0 aliphatic carbocycles. The first-order chi connectivity index (χ1) is 33.2. The van der Waals surface area contributed by atoms with Crippen LogP contribution in [0.2, 0.25) is 0 Å². The molecule has 10 rings (SSSR count). The van der Waals surface area contributed by atoms with Crippen LogP contribution in [-0.2, 0) is 0 Å². The minimum Gasteiger partial charge on any atom is -0.356 e. The second-order valence-electron chi connectivity index (χ2n) is 18.9. The molecule has 0 atom stereocenters. The molecule has 0 saturated carbocycles. The number of rotatable bonds is 13. The highest BCUT2D eigenvalue weighted by Crippen LogP contribution is 2.46. The van der Waals surface area contributed by atoms with Crippen LogP contribution < -0.4 is 36.4 Å². The van der Waals surface area contributed by atoms with Crippen LogP contribution in [-0.4, -0.2) is 6.71 Å². The predicted octanol–water partition coefficient (Wildman–Crippen LogP) is 16.0. The Morgan fingerprint density at radius 2 is 0.662 bits per heavy atom. The van der Waals surface area contributed by atoms with Crippen molar-refractivity contribution in [2.24, 2.45) is 0 Å². The van der Waals surface area contributed by atoms with E-state index in [2.05, 4.69) is 286 Å². The third-order valence-corrected chi connectivity index (χ3v) is 13.3. The minimum atomic E-state index is 0.0585. The summed E-state index contributed by atoms with van der Waals surface area (Å²) in [5.74, 6) is 1.16. The Kier molecular flexibility index (Phi) is 12.5. The Hall–Kier alpha value is -7.76. The normalized spacial score (nSPS) is 11.9. The number of nitrogens with zero attached hydrogens (tertiary/aromatic N) is 3. The van der Waals surface area contributed by atoms with Gasteiger partial charge in [-0.05, 0) is 142 Å². The van der Waals surface area contributed by atoms with Gasteiger partial charge in [0.2, 0.25) is 6.71 Å². The lowest BCUT2D eigenvalue weighted by Crippen LogP contribution is -2.58. The Labute approximate surface area is 404 Å². The van der Waals surface area contributed by atoms with Gasteiger partial charge in [0.05, 0.1) is 17.1 Å². The SMILES string of the molecule is CC(C)c1cc(C(C)C)c(B2c3ccccc3Nc3cc(N(c4ccccc4)c4cc(N(c5ccccc5)c5ccccc5)cc(N(c5ccccc5)c5ccccc5)c4)ccc32)c(C(C)C)c1. The summed E-state index contributed by atoms with van der Waals surface area (Å²) in [6, 6.07) is 81.6. The molecule has 0 unspecified atom stereocenters. The topological polar surface area (TPSA) is 21.8 Å². The average molecular weight is 883 g/mol. The molecule has 1 aliphatic rings. The smallest absolute Gasteiger partial charge is 0.247 e. The fourth-order valence-corrected chi connectivity index (χ4v) is 10.1. The number of hydrogen-bond acceptors (Lipinski definition) is 4. The van der Waals surface area contributed by atoms with Crippen molar-refractivity contribution in [3.63, 3.8) is 0 Å². The largest absolute Gasteiger partial charge is 0.356 e. The summed E-state index contributed by atoms with van der Waals surface area (Å²) in [4.78, 5) is 7.15. The highest BCUT2D eigenvalue weighted by Gasteiger charge is 2.36. The number of fused-ring (bicyclic) bond motifs is 2. The lowest BCUT2D eigenvalue weighted by atomic mass is 9.33. The maximum atomic E-state index is 3.97. The molecule has 0 radical (unpaired) electrons. The zero-order chi connectivity index (χ0) is 46.7. The van der Waals surface area contributed by atoms with Crippen LogP contribution in [0.5, 0.6) is 0 Å². The van der Waals surface area contributed by atoms with Gasteiger partial charge < -0.3 is 20.0 Å². The molecular weight excluding hydrogens is 824 g/mol. The van der Waals surface area contributed by atoms with Crippen molar-refractivity contribution in [3.8, 4) is 0 Å². The van der Waals surface area contributed by atoms with Crippen molar-refractivity contribution < 1.29 is 0 Å². The summed E-state index contributed by atoms with van der Waals surface area (Å²) >= 11 is 0. The monoisotopic (exact) mass is 882 g/mol. The zero-order valence-electron chi connectivity index (χ0n) is 40.0. The summed E-state index contributed by atoms with van der Waals surface area (Å²) < 4.78 is 0. The number of para-hydroxylation sites is 6. The van der Waals surface area contributed by atoms with E-state index in [0.29, 0.717) is 17.8 Å². The number of benzene rings is 9. The molecule has 0 saturated heterocycles. The molecule has 0 fully saturated rings. The minimum absolute atomic E-state index is 0.0585. The van der Waals surface area contributed by atoms with Gasteiger partial charge in [-0.2, -0.15) is 0 Å². The first-order valence-corrected chi connectivity index (χ1v) is 24.2. The lowest BCUT2D eigenvalue weighted by molar-refractivity contribution is 0.812. The standard InChI is InChI=1S/C63H59BN4/c1-44(2)47-38-57(45(3)4)63(58(39-47)46(5)6)64-59-34-22-23-35-61(59)65-62-43-53(36-37-60(62)64)68(52-32-20-11-21-33-52)56-41-54(66(48-24-12-7-13-25-48)49-26-14-8-15-27-49)40-55(42-56)67(50-28-16-9-17-29-50)51-30-18-10-19-31-51/h7-46,65H,1-6H3. The van der Waals surface area contributed by atoms with Gasteiger partial charge in [0.15, 0.2) is 0 Å². The van der Waals surface area contributed by atoms with Crippen LogP contribution in [0, 0.1) is 0 Å². The van der Waals surface area contributed by atoms with Gasteiger partial charge >= 0.3 is 0 Å². The third-order valence-electron chi connectivity index (χ3n) is 13.3. The summed E-state index contributed by atoms with van der Waals surface area (Å²) in [6.07, 6.45) is 0. The average Bonchev–Trinajstić information content (AvgIpc) is 3.37. The molecule has 1 aliphatic heterocycles. The van der Waals surface area contributed by atoms with E-state index in [1.165, 1.54) is 33.1 Å². The van der Waals surface area contributed by atoms with Crippen molar-refractivity contribution >= 4 is 85.7 Å². The van der Waals surface area contributed by atoms with E-state index in [4.69, 9.17) is 0 Å². The quantitative estimate of drug-likeness (QED) is 0.116. The van der Waals surface area contributed by atoms with Crippen LogP contribution in [0.1, 0.15) is 76.0 Å². The molecular formula is C63H59BN4. The van der Waals surface area contributed by atoms with Gasteiger partial charge in [-0.3, -0.25) is 0 Å². The summed E-state index contributed by atoms with van der Waals surface area (Å²) in [5.41, 5.74) is 20.1. The Bertz CT molecular complexity index is 2930. The maximum Gasteiger partial charge on any atom is 0.247 e. The fourth-order valence-electron chi connectivity index (χ4n) is 10.1. The molecule has 9 aromatic carbocycles. The Morgan fingerprint density at radius 1 is 0.309 bits per heavy atom. The molecule has 1 N–H and O–H groups in total. The molecule has 9 aromatic rings. The van der Waals surface area contributed by atoms with Gasteiger partial charge in [0.1, 0.15) is 0 Å². The fraction of sp³-hybridized carbons (Fsp3) is 0.143. The summed E-state index contributed by atoms with van der Waals surface area (Å²) in [7, 11) is 0. The van der Waals surface area contributed by atoms with Gasteiger partial charge in [0, 0.05) is 45.5 Å². The molecule has 0 spiro atoms. The Balaban J connectivity index is 1.22. The highest BCUT2D eigenvalue weighted by molar-refractivity contribution is 6.98. The first kappa shape index (κ1) is 44.1. The zero-order valence-corrected chi connectivity index (χ0v) is 40.0. The van der Waals surface area contributed by atoms with Gasteiger partial charge in [-0.1, -0.05) is 174 Å². The van der Waals surface area contributed by atoms with Crippen LogP contribution in [0.4, 0.5) is 62.6 Å². The van der Waals surface area contributed by atoms with E-state index < -0.39 is 0 Å². The second-order valence-corrected chi connectivity index (χ2v) is 18.9. The van der Waals surface area contributed by atoms with Gasteiger partial charge in [0.25, 0.3) is 0 Å². The third kappa shape index (κ3) is 8.69. The number of hydrogen-bond donors (Lipinski definition) is 1. The van der Waals surface area contributed by atoms with Crippen molar-refractivity contribution in [3.05, 3.63) is 241 Å². The molecule has 68 heavy (non-hydrogen) atoms. The van der Waals surface area contributed by atoms with Gasteiger partial charge in [-0.15, -0.1) is 0 Å². The van der Waals surface area contributed by atoms with E-state index in [-0.39, 0.29) is 6.71 Å². The van der Waals surface area contributed by atoms with E-state index in [1.54, 1.807) is 0 Å². The van der Waals surface area contributed by atoms with Gasteiger partial charge in [-0.25, -0.2) is 0 Å². The van der Waals surface area contributed by atoms with Crippen molar-refractivity contribution in [2.75, 3.05) is 20.0 Å². The van der Waals surface area contributed by atoms with Crippen LogP contribution >= 0.6 is 0 Å². The number of nitrogens with one attached hydrogen (secondary N) is 1. The second kappa shape index (κ2) is 19.2. The predicted molar refractivity (Wildman–Crippen MR) is 294 cm³/mol.